The number of ether oxygens (including phenoxy) is 1. The number of benzene rings is 4. The molecule has 0 aromatic heterocycles. The van der Waals surface area contributed by atoms with Crippen LogP contribution in [0.3, 0.4) is 0 Å². The number of hydrogen-bond acceptors (Lipinski definition) is 7. The summed E-state index contributed by atoms with van der Waals surface area (Å²) in [5.41, 5.74) is 6.18. The van der Waals surface area contributed by atoms with Gasteiger partial charge in [0.15, 0.2) is 0 Å². The Hall–Kier alpha value is -5.16. The van der Waals surface area contributed by atoms with Gasteiger partial charge < -0.3 is 40.9 Å². The molecule has 10 heteroatoms. The third-order valence-corrected chi connectivity index (χ3v) is 9.87. The van der Waals surface area contributed by atoms with Crippen molar-refractivity contribution in [3.05, 3.63) is 130 Å². The van der Waals surface area contributed by atoms with Crippen LogP contribution in [0.2, 0.25) is 0 Å². The lowest BCUT2D eigenvalue weighted by molar-refractivity contribution is -0.105. The molecule has 3 aliphatic heterocycles. The number of carbonyl (C=O) groups is 2. The fourth-order valence-corrected chi connectivity index (χ4v) is 7.07. The number of carbonyl (C=O) groups excluding carboxylic acids is 1. The lowest BCUT2D eigenvalue weighted by atomic mass is 9.89. The molecule has 7 rings (SSSR count). The van der Waals surface area contributed by atoms with Crippen LogP contribution in [0.15, 0.2) is 91.0 Å². The zero-order valence-corrected chi connectivity index (χ0v) is 30.6. The number of rotatable bonds is 15. The van der Waals surface area contributed by atoms with Crippen LogP contribution in [-0.2, 0) is 17.8 Å². The first-order valence-electron chi connectivity index (χ1n) is 18.4. The number of aryl methyl sites for hydroxylation is 1. The Bertz CT molecular complexity index is 1810. The van der Waals surface area contributed by atoms with Gasteiger partial charge in [-0.2, -0.15) is 0 Å². The van der Waals surface area contributed by atoms with E-state index >= 15 is 0 Å². The van der Waals surface area contributed by atoms with Crippen LogP contribution in [0.1, 0.15) is 77.3 Å². The van der Waals surface area contributed by atoms with Gasteiger partial charge in [0.25, 0.3) is 0 Å². The van der Waals surface area contributed by atoms with Gasteiger partial charge in [0.1, 0.15) is 18.1 Å². The van der Waals surface area contributed by atoms with Gasteiger partial charge in [-0.25, -0.2) is 4.79 Å². The molecular formula is C43H52N4O6. The van der Waals surface area contributed by atoms with Crippen molar-refractivity contribution in [3.8, 4) is 11.5 Å². The number of aliphatic hydroxyl groups is 1. The summed E-state index contributed by atoms with van der Waals surface area (Å²) in [7, 11) is 0. The number of piperidine rings is 3. The largest absolute Gasteiger partial charge is 0.506 e. The molecule has 10 nitrogen and oxygen atoms in total. The maximum atomic E-state index is 11.6. The van der Waals surface area contributed by atoms with E-state index in [0.717, 1.165) is 40.2 Å². The topological polar surface area (TPSA) is 143 Å². The standard InChI is InChI=1S/C36H39N3O6.C7H13N/c1-3-7-31-30(14-15-32(41)35(31)38-23-40)33(42)21-37-17-16-25-9-5-10-26(19-25)22-45-29-13-6-12-28(20-29)34(39-36(43)44)27-11-4-8-24(2)18-27;1-4-8-5-2-7(1)3-6-8/h3-15,18-20,23,33-34,37,39,41-42H,16-17,21-22H2,1-2H3,(H,38,40)(H,43,44);7H,1-6H2/b7-3-;. The molecule has 6 N–H and O–H groups in total. The van der Waals surface area contributed by atoms with Crippen molar-refractivity contribution in [1.29, 1.82) is 0 Å². The smallest absolute Gasteiger partial charge is 0.405 e. The average molecular weight is 721 g/mol. The van der Waals surface area contributed by atoms with E-state index in [2.05, 4.69) is 26.9 Å². The number of carboxylic acid groups (broad SMARTS) is 1. The highest BCUT2D eigenvalue weighted by Gasteiger charge is 2.24. The fraction of sp³-hybridized carbons (Fsp3) is 0.349. The number of nitrogens with one attached hydrogen (secondary N) is 3. The SMILES string of the molecule is C/C=C\c1c(C(O)CNCCc2cccc(COc3cccc(C(NC(=O)O)c4cccc(C)c4)c3)c2)ccc(O)c1NC=O.C1CN2CCC1CC2. The van der Waals surface area contributed by atoms with E-state index in [0.29, 0.717) is 36.4 Å². The average Bonchev–Trinajstić information content (AvgIpc) is 3.17. The normalized spacial score (nSPS) is 17.3. The Morgan fingerprint density at radius 3 is 2.28 bits per heavy atom. The minimum atomic E-state index is -1.10. The van der Waals surface area contributed by atoms with E-state index in [1.54, 1.807) is 18.2 Å². The summed E-state index contributed by atoms with van der Waals surface area (Å²) in [6.07, 6.45) is 7.24. The fourth-order valence-electron chi connectivity index (χ4n) is 7.07. The maximum Gasteiger partial charge on any atom is 0.405 e. The van der Waals surface area contributed by atoms with Crippen LogP contribution < -0.4 is 20.7 Å². The summed E-state index contributed by atoms with van der Waals surface area (Å²) in [5.74, 6) is 1.67. The highest BCUT2D eigenvalue weighted by molar-refractivity contribution is 5.84. The Morgan fingerprint density at radius 2 is 1.64 bits per heavy atom. The molecule has 280 valence electrons. The van der Waals surface area contributed by atoms with Crippen molar-refractivity contribution < 1.29 is 29.6 Å². The molecule has 2 unspecified atom stereocenters. The Kier molecular flexibility index (Phi) is 14.5. The molecule has 2 amide bonds. The molecule has 2 atom stereocenters. The lowest BCUT2D eigenvalue weighted by Gasteiger charge is -2.38. The minimum absolute atomic E-state index is 0.0719. The summed E-state index contributed by atoms with van der Waals surface area (Å²) in [6.45, 7) is 9.22. The van der Waals surface area contributed by atoms with E-state index in [1.165, 1.54) is 45.0 Å². The second kappa shape index (κ2) is 19.6. The van der Waals surface area contributed by atoms with Gasteiger partial charge in [0.2, 0.25) is 6.41 Å². The number of fused-ring (bicyclic) bond motifs is 3. The molecule has 4 aromatic rings. The van der Waals surface area contributed by atoms with Crippen LogP contribution in [0, 0.1) is 12.8 Å². The Morgan fingerprint density at radius 1 is 0.943 bits per heavy atom. The van der Waals surface area contributed by atoms with E-state index in [4.69, 9.17) is 4.74 Å². The van der Waals surface area contributed by atoms with Crippen molar-refractivity contribution in [3.63, 3.8) is 0 Å². The number of anilines is 1. The highest BCUT2D eigenvalue weighted by atomic mass is 16.5. The number of hydrogen-bond donors (Lipinski definition) is 6. The van der Waals surface area contributed by atoms with E-state index in [-0.39, 0.29) is 18.0 Å². The third kappa shape index (κ3) is 11.4. The first-order chi connectivity index (χ1) is 25.7. The van der Waals surface area contributed by atoms with Gasteiger partial charge in [-0.05, 0) is 118 Å². The predicted octanol–water partition coefficient (Wildman–Crippen LogP) is 7.21. The maximum absolute atomic E-state index is 11.6. The van der Waals surface area contributed by atoms with Gasteiger partial charge in [-0.3, -0.25) is 4.79 Å². The van der Waals surface area contributed by atoms with Crippen molar-refractivity contribution in [2.24, 2.45) is 5.92 Å². The summed E-state index contributed by atoms with van der Waals surface area (Å²) < 4.78 is 6.10. The number of phenols is 1. The first-order valence-corrected chi connectivity index (χ1v) is 18.4. The minimum Gasteiger partial charge on any atom is -0.506 e. The van der Waals surface area contributed by atoms with E-state index < -0.39 is 18.2 Å². The number of allylic oxidation sites excluding steroid dienone is 1. The number of phenolic OH excluding ortho intramolecular Hbond substituents is 1. The highest BCUT2D eigenvalue weighted by Crippen LogP contribution is 2.34. The quantitative estimate of drug-likeness (QED) is 0.0430. The summed E-state index contributed by atoms with van der Waals surface area (Å²) >= 11 is 0. The molecular weight excluding hydrogens is 668 g/mol. The molecule has 2 bridgehead atoms. The molecule has 0 aliphatic carbocycles. The van der Waals surface area contributed by atoms with Crippen LogP contribution in [0.4, 0.5) is 10.5 Å². The van der Waals surface area contributed by atoms with Crippen molar-refractivity contribution in [2.75, 3.05) is 38.0 Å². The number of nitrogens with zero attached hydrogens (tertiary/aromatic N) is 1. The van der Waals surface area contributed by atoms with E-state index in [1.807, 2.05) is 80.6 Å². The van der Waals surface area contributed by atoms with Crippen LogP contribution in [-0.4, -0.2) is 65.4 Å². The van der Waals surface area contributed by atoms with Crippen molar-refractivity contribution in [2.45, 2.75) is 58.3 Å². The van der Waals surface area contributed by atoms with E-state index in [9.17, 15) is 24.9 Å². The number of amides is 2. The molecule has 0 spiro atoms. The number of aromatic hydroxyl groups is 1. The molecule has 4 aromatic carbocycles. The van der Waals surface area contributed by atoms with Crippen LogP contribution in [0.5, 0.6) is 11.5 Å². The van der Waals surface area contributed by atoms with Crippen LogP contribution >= 0.6 is 0 Å². The van der Waals surface area contributed by atoms with Gasteiger partial charge in [-0.15, -0.1) is 0 Å². The van der Waals surface area contributed by atoms with Crippen LogP contribution in [0.25, 0.3) is 6.08 Å². The predicted molar refractivity (Wildman–Crippen MR) is 209 cm³/mol. The molecule has 0 radical (unpaired) electrons. The second-order valence-corrected chi connectivity index (χ2v) is 13.7. The van der Waals surface area contributed by atoms with Gasteiger partial charge in [0, 0.05) is 12.1 Å². The molecule has 3 heterocycles. The monoisotopic (exact) mass is 720 g/mol. The zero-order valence-electron chi connectivity index (χ0n) is 30.6. The van der Waals surface area contributed by atoms with Crippen molar-refractivity contribution >= 4 is 24.3 Å². The number of aliphatic hydroxyl groups excluding tert-OH is 1. The molecule has 53 heavy (non-hydrogen) atoms. The summed E-state index contributed by atoms with van der Waals surface area (Å²) in [4.78, 5) is 25.2. The molecule has 3 fully saturated rings. The molecule has 3 aliphatic rings. The molecule has 0 saturated carbocycles. The van der Waals surface area contributed by atoms with Gasteiger partial charge in [0.05, 0.1) is 17.8 Å². The van der Waals surface area contributed by atoms with Gasteiger partial charge >= 0.3 is 6.09 Å². The second-order valence-electron chi connectivity index (χ2n) is 13.7. The first kappa shape index (κ1) is 39.1. The van der Waals surface area contributed by atoms with Gasteiger partial charge in [-0.1, -0.05) is 84.4 Å². The Labute approximate surface area is 312 Å². The summed E-state index contributed by atoms with van der Waals surface area (Å²) in [5, 5.41) is 38.9. The zero-order chi connectivity index (χ0) is 37.6. The van der Waals surface area contributed by atoms with Crippen molar-refractivity contribution in [1.82, 2.24) is 15.5 Å². The lowest BCUT2D eigenvalue weighted by Crippen LogP contribution is -2.41. The Balaban J connectivity index is 0.000000589. The molecule has 3 saturated heterocycles. The summed E-state index contributed by atoms with van der Waals surface area (Å²) in [6, 6.07) is 25.8. The third-order valence-electron chi connectivity index (χ3n) is 9.87.